The summed E-state index contributed by atoms with van der Waals surface area (Å²) in [5.74, 6) is 0.830. The lowest BCUT2D eigenvalue weighted by Crippen LogP contribution is -1.99. The van der Waals surface area contributed by atoms with Crippen LogP contribution in [0.15, 0.2) is 0 Å². The highest BCUT2D eigenvalue weighted by Gasteiger charge is 1.95. The van der Waals surface area contributed by atoms with Crippen molar-refractivity contribution in [1.29, 1.82) is 0 Å². The lowest BCUT2D eigenvalue weighted by atomic mass is 10.1. The summed E-state index contributed by atoms with van der Waals surface area (Å²) in [4.78, 5) is 0. The van der Waals surface area contributed by atoms with E-state index < -0.39 is 0 Å². The normalized spacial score (nSPS) is 13.7. The Morgan fingerprint density at radius 1 is 1.33 bits per heavy atom. The lowest BCUT2D eigenvalue weighted by molar-refractivity contribution is 0.133. The van der Waals surface area contributed by atoms with Crippen LogP contribution in [0.4, 0.5) is 0 Å². The van der Waals surface area contributed by atoms with Crippen molar-refractivity contribution in [3.63, 3.8) is 0 Å². The summed E-state index contributed by atoms with van der Waals surface area (Å²) in [6.07, 6.45) is 2.48. The summed E-state index contributed by atoms with van der Waals surface area (Å²) in [5, 5.41) is 0. The first-order chi connectivity index (χ1) is 4.31. The van der Waals surface area contributed by atoms with E-state index in [1.165, 1.54) is 12.8 Å². The van der Waals surface area contributed by atoms with Gasteiger partial charge in [-0.1, -0.05) is 20.3 Å². The Bertz CT molecular complexity index is 52.5. The van der Waals surface area contributed by atoms with Crippen LogP contribution in [0.1, 0.15) is 33.6 Å². The molecule has 0 rings (SSSR count). The molecule has 0 amide bonds. The van der Waals surface area contributed by atoms with Gasteiger partial charge < -0.3 is 4.74 Å². The first-order valence-corrected chi connectivity index (χ1v) is 3.89. The van der Waals surface area contributed by atoms with Crippen LogP contribution >= 0.6 is 0 Å². The third kappa shape index (κ3) is 5.84. The summed E-state index contributed by atoms with van der Waals surface area (Å²) in [5.41, 5.74) is 0. The van der Waals surface area contributed by atoms with Crippen LogP contribution in [-0.2, 0) is 4.74 Å². The van der Waals surface area contributed by atoms with Crippen molar-refractivity contribution in [2.45, 2.75) is 33.6 Å². The van der Waals surface area contributed by atoms with Gasteiger partial charge in [-0.05, 0) is 19.3 Å². The monoisotopic (exact) mass is 130 g/mol. The molecule has 0 saturated heterocycles. The Morgan fingerprint density at radius 3 is 2.44 bits per heavy atom. The predicted molar refractivity (Wildman–Crippen MR) is 40.6 cm³/mol. The van der Waals surface area contributed by atoms with Gasteiger partial charge in [-0.15, -0.1) is 0 Å². The van der Waals surface area contributed by atoms with Crippen LogP contribution in [0.5, 0.6) is 0 Å². The Labute approximate surface area is 58.4 Å². The molecule has 0 aromatic carbocycles. The average molecular weight is 130 g/mol. The molecule has 0 aromatic heterocycles. The molecule has 1 heteroatoms. The fourth-order valence-electron chi connectivity index (χ4n) is 0.633. The van der Waals surface area contributed by atoms with Crippen molar-refractivity contribution < 1.29 is 4.74 Å². The lowest BCUT2D eigenvalue weighted by Gasteiger charge is -2.06. The van der Waals surface area contributed by atoms with Crippen molar-refractivity contribution in [3.05, 3.63) is 0 Å². The molecule has 0 fully saturated rings. The number of ether oxygens (including phenoxy) is 1. The van der Waals surface area contributed by atoms with Gasteiger partial charge in [0.25, 0.3) is 0 Å². The molecule has 0 radical (unpaired) electrons. The first-order valence-electron chi connectivity index (χ1n) is 3.89. The van der Waals surface area contributed by atoms with E-state index in [1.807, 2.05) is 6.92 Å². The van der Waals surface area contributed by atoms with Crippen molar-refractivity contribution in [2.75, 3.05) is 13.2 Å². The van der Waals surface area contributed by atoms with Crippen LogP contribution in [-0.4, -0.2) is 13.2 Å². The van der Waals surface area contributed by atoms with Gasteiger partial charge >= 0.3 is 0 Å². The maximum absolute atomic E-state index is 5.21. The highest BCUT2D eigenvalue weighted by Crippen LogP contribution is 2.05. The summed E-state index contributed by atoms with van der Waals surface area (Å²) in [6, 6.07) is 0. The molecule has 56 valence electrons. The fraction of sp³-hybridized carbons (Fsp3) is 1.00. The smallest absolute Gasteiger partial charge is 0.0468 e. The largest absolute Gasteiger partial charge is 0.382 e. The van der Waals surface area contributed by atoms with Crippen molar-refractivity contribution in [3.8, 4) is 0 Å². The Balaban J connectivity index is 2.88. The van der Waals surface area contributed by atoms with Gasteiger partial charge in [-0.25, -0.2) is 0 Å². The van der Waals surface area contributed by atoms with E-state index in [4.69, 9.17) is 4.74 Å². The van der Waals surface area contributed by atoms with Gasteiger partial charge in [0.2, 0.25) is 0 Å². The molecule has 1 atom stereocenters. The van der Waals surface area contributed by atoms with Crippen molar-refractivity contribution in [1.82, 2.24) is 0 Å². The zero-order chi connectivity index (χ0) is 7.11. The van der Waals surface area contributed by atoms with E-state index in [9.17, 15) is 0 Å². The summed E-state index contributed by atoms with van der Waals surface area (Å²) < 4.78 is 5.21. The topological polar surface area (TPSA) is 9.23 Å². The zero-order valence-electron chi connectivity index (χ0n) is 6.81. The van der Waals surface area contributed by atoms with E-state index in [2.05, 4.69) is 13.8 Å². The van der Waals surface area contributed by atoms with Gasteiger partial charge in [-0.3, -0.25) is 0 Å². The quantitative estimate of drug-likeness (QED) is 0.519. The second-order valence-corrected chi connectivity index (χ2v) is 2.50. The molecular weight excluding hydrogens is 112 g/mol. The maximum Gasteiger partial charge on any atom is 0.0468 e. The van der Waals surface area contributed by atoms with E-state index in [1.54, 1.807) is 0 Å². The van der Waals surface area contributed by atoms with Gasteiger partial charge in [0.1, 0.15) is 0 Å². The molecule has 0 heterocycles. The van der Waals surface area contributed by atoms with Crippen molar-refractivity contribution >= 4 is 0 Å². The molecule has 0 aliphatic carbocycles. The van der Waals surface area contributed by atoms with Gasteiger partial charge in [-0.2, -0.15) is 0 Å². The Morgan fingerprint density at radius 2 is 2.00 bits per heavy atom. The second-order valence-electron chi connectivity index (χ2n) is 2.50. The third-order valence-electron chi connectivity index (χ3n) is 1.66. The van der Waals surface area contributed by atoms with E-state index >= 15 is 0 Å². The van der Waals surface area contributed by atoms with E-state index in [-0.39, 0.29) is 0 Å². The van der Waals surface area contributed by atoms with Crippen LogP contribution in [0.25, 0.3) is 0 Å². The minimum absolute atomic E-state index is 0.830. The molecule has 0 N–H and O–H groups in total. The molecule has 0 bridgehead atoms. The molecule has 1 nitrogen and oxygen atoms in total. The Hall–Kier alpha value is -0.0400. The molecule has 9 heavy (non-hydrogen) atoms. The minimum Gasteiger partial charge on any atom is -0.382 e. The molecule has 0 aromatic rings. The number of hydrogen-bond acceptors (Lipinski definition) is 1. The molecule has 0 aliphatic rings. The van der Waals surface area contributed by atoms with E-state index in [0.717, 1.165) is 19.1 Å². The minimum atomic E-state index is 0.830. The van der Waals surface area contributed by atoms with Gasteiger partial charge in [0.05, 0.1) is 0 Å². The molecule has 0 aliphatic heterocycles. The van der Waals surface area contributed by atoms with Crippen LogP contribution < -0.4 is 0 Å². The molecule has 0 saturated carbocycles. The molecule has 0 spiro atoms. The van der Waals surface area contributed by atoms with E-state index in [0.29, 0.717) is 0 Å². The van der Waals surface area contributed by atoms with Crippen LogP contribution in [0, 0.1) is 5.92 Å². The standard InChI is InChI=1S/C8H18O/c1-4-8(3)6-7-9-5-2/h8H,4-7H2,1-3H3/t8-/m1/s1. The Kier molecular flexibility index (Phi) is 6.06. The van der Waals surface area contributed by atoms with Crippen LogP contribution in [0.3, 0.4) is 0 Å². The predicted octanol–water partition coefficient (Wildman–Crippen LogP) is 2.46. The van der Waals surface area contributed by atoms with Crippen LogP contribution in [0.2, 0.25) is 0 Å². The number of rotatable bonds is 5. The van der Waals surface area contributed by atoms with Crippen molar-refractivity contribution in [2.24, 2.45) is 5.92 Å². The third-order valence-corrected chi connectivity index (χ3v) is 1.66. The second kappa shape index (κ2) is 6.09. The SMILES string of the molecule is CCOCC[C@H](C)CC. The molecule has 0 unspecified atom stereocenters. The average Bonchev–Trinajstić information content (AvgIpc) is 1.89. The van der Waals surface area contributed by atoms with Gasteiger partial charge in [0.15, 0.2) is 0 Å². The summed E-state index contributed by atoms with van der Waals surface area (Å²) in [6.45, 7) is 8.31. The summed E-state index contributed by atoms with van der Waals surface area (Å²) >= 11 is 0. The maximum atomic E-state index is 5.21. The molecular formula is C8H18O. The van der Waals surface area contributed by atoms with Gasteiger partial charge in [0, 0.05) is 13.2 Å². The highest BCUT2D eigenvalue weighted by atomic mass is 16.5. The highest BCUT2D eigenvalue weighted by molar-refractivity contribution is 4.47. The fourth-order valence-corrected chi connectivity index (χ4v) is 0.633. The first kappa shape index (κ1) is 8.96. The summed E-state index contributed by atoms with van der Waals surface area (Å²) in [7, 11) is 0. The number of hydrogen-bond donors (Lipinski definition) is 0. The zero-order valence-corrected chi connectivity index (χ0v) is 6.81.